The standard InChI is InChI=1S/C22H24Cl2F3N3/c23-19-3-1-16(11-20(19)24)17-7-8-29(14-17)13-15-5-9-30(10-6-15)21-4-2-18(12-28-21)22(25,26)27/h1-4,11-12,15,17H,5-10,13-14H2. The first-order valence-electron chi connectivity index (χ1n) is 10.2. The molecule has 3 nitrogen and oxygen atoms in total. The smallest absolute Gasteiger partial charge is 0.357 e. The van der Waals surface area contributed by atoms with E-state index < -0.39 is 11.7 Å². The van der Waals surface area contributed by atoms with E-state index in [0.717, 1.165) is 64.2 Å². The fourth-order valence-corrected chi connectivity index (χ4v) is 4.79. The van der Waals surface area contributed by atoms with Gasteiger partial charge in [0, 0.05) is 32.4 Å². The molecule has 1 atom stereocenters. The highest BCUT2D eigenvalue weighted by atomic mass is 35.5. The van der Waals surface area contributed by atoms with Gasteiger partial charge in [-0.1, -0.05) is 29.3 Å². The zero-order valence-corrected chi connectivity index (χ0v) is 18.0. The van der Waals surface area contributed by atoms with Gasteiger partial charge in [-0.05, 0) is 67.5 Å². The molecule has 1 unspecified atom stereocenters. The maximum atomic E-state index is 12.7. The number of pyridine rings is 1. The Balaban J connectivity index is 1.26. The molecule has 0 spiro atoms. The first-order valence-corrected chi connectivity index (χ1v) is 11.0. The SMILES string of the molecule is FC(F)(F)c1ccc(N2CCC(CN3CCC(c4ccc(Cl)c(Cl)c4)C3)CC2)nc1. The van der Waals surface area contributed by atoms with Crippen LogP contribution >= 0.6 is 23.2 Å². The van der Waals surface area contributed by atoms with Gasteiger partial charge in [-0.25, -0.2) is 4.98 Å². The number of aromatic nitrogens is 1. The number of anilines is 1. The highest BCUT2D eigenvalue weighted by Gasteiger charge is 2.31. The summed E-state index contributed by atoms with van der Waals surface area (Å²) in [5, 5.41) is 1.20. The first-order chi connectivity index (χ1) is 14.3. The molecule has 30 heavy (non-hydrogen) atoms. The minimum atomic E-state index is -4.34. The Morgan fingerprint density at radius 3 is 2.37 bits per heavy atom. The van der Waals surface area contributed by atoms with Crippen molar-refractivity contribution in [3.05, 3.63) is 57.7 Å². The summed E-state index contributed by atoms with van der Waals surface area (Å²) in [5.74, 6) is 1.71. The quantitative estimate of drug-likeness (QED) is 0.551. The molecule has 0 saturated carbocycles. The van der Waals surface area contributed by atoms with Crippen molar-refractivity contribution in [1.82, 2.24) is 9.88 Å². The summed E-state index contributed by atoms with van der Waals surface area (Å²) in [6, 6.07) is 8.51. The van der Waals surface area contributed by atoms with E-state index in [-0.39, 0.29) is 0 Å². The lowest BCUT2D eigenvalue weighted by Gasteiger charge is -2.34. The molecular weight excluding hydrogens is 434 g/mol. The van der Waals surface area contributed by atoms with Crippen LogP contribution in [0.4, 0.5) is 19.0 Å². The molecule has 1 aromatic heterocycles. The highest BCUT2D eigenvalue weighted by Crippen LogP contribution is 2.33. The molecule has 0 amide bonds. The number of piperidine rings is 1. The summed E-state index contributed by atoms with van der Waals surface area (Å²) < 4.78 is 38.1. The van der Waals surface area contributed by atoms with Gasteiger partial charge in [0.1, 0.15) is 5.82 Å². The average Bonchev–Trinajstić information content (AvgIpc) is 3.18. The number of hydrogen-bond acceptors (Lipinski definition) is 3. The van der Waals surface area contributed by atoms with Crippen LogP contribution in [0.1, 0.15) is 36.3 Å². The normalized spacial score (nSPS) is 21.4. The monoisotopic (exact) mass is 457 g/mol. The maximum absolute atomic E-state index is 12.7. The molecule has 2 saturated heterocycles. The minimum Gasteiger partial charge on any atom is -0.357 e. The number of benzene rings is 1. The predicted molar refractivity (Wildman–Crippen MR) is 114 cm³/mol. The molecule has 8 heteroatoms. The topological polar surface area (TPSA) is 19.4 Å². The number of nitrogens with zero attached hydrogens (tertiary/aromatic N) is 3. The Kier molecular flexibility index (Phi) is 6.47. The molecule has 2 aliphatic heterocycles. The molecule has 0 bridgehead atoms. The Bertz CT molecular complexity index is 865. The fourth-order valence-electron chi connectivity index (χ4n) is 4.49. The third kappa shape index (κ3) is 5.04. The molecule has 0 N–H and O–H groups in total. The van der Waals surface area contributed by atoms with Crippen molar-refractivity contribution >= 4 is 29.0 Å². The molecule has 3 heterocycles. The third-order valence-corrected chi connectivity index (χ3v) is 6.96. The third-order valence-electron chi connectivity index (χ3n) is 6.22. The molecule has 0 aliphatic carbocycles. The number of halogens is 5. The van der Waals surface area contributed by atoms with E-state index in [9.17, 15) is 13.2 Å². The van der Waals surface area contributed by atoms with Crippen LogP contribution in [0, 0.1) is 5.92 Å². The largest absolute Gasteiger partial charge is 0.417 e. The average molecular weight is 458 g/mol. The van der Waals surface area contributed by atoms with E-state index in [1.165, 1.54) is 11.6 Å². The fraction of sp³-hybridized carbons (Fsp3) is 0.500. The summed E-state index contributed by atoms with van der Waals surface area (Å²) in [5.41, 5.74) is 0.543. The Labute approximate surface area is 184 Å². The van der Waals surface area contributed by atoms with Crippen molar-refractivity contribution in [1.29, 1.82) is 0 Å². The van der Waals surface area contributed by atoms with Gasteiger partial charge in [0.25, 0.3) is 0 Å². The molecule has 4 rings (SSSR count). The summed E-state index contributed by atoms with van der Waals surface area (Å²) >= 11 is 12.2. The van der Waals surface area contributed by atoms with Crippen LogP contribution in [-0.2, 0) is 6.18 Å². The number of hydrogen-bond donors (Lipinski definition) is 0. The second kappa shape index (κ2) is 8.93. The summed E-state index contributed by atoms with van der Waals surface area (Å²) in [6.07, 6.45) is -0.252. The van der Waals surface area contributed by atoms with Crippen molar-refractivity contribution in [2.75, 3.05) is 37.6 Å². The van der Waals surface area contributed by atoms with Crippen LogP contribution in [-0.4, -0.2) is 42.6 Å². The minimum absolute atomic E-state index is 0.483. The van der Waals surface area contributed by atoms with Gasteiger partial charge < -0.3 is 9.80 Å². The lowest BCUT2D eigenvalue weighted by atomic mass is 9.96. The number of alkyl halides is 3. The maximum Gasteiger partial charge on any atom is 0.417 e. The summed E-state index contributed by atoms with van der Waals surface area (Å²) in [7, 11) is 0. The van der Waals surface area contributed by atoms with Crippen LogP contribution in [0.2, 0.25) is 10.0 Å². The Hall–Kier alpha value is -1.50. The first kappa shape index (κ1) is 21.7. The Morgan fingerprint density at radius 2 is 1.73 bits per heavy atom. The van der Waals surface area contributed by atoms with E-state index in [0.29, 0.717) is 27.7 Å². The van der Waals surface area contributed by atoms with Crippen molar-refractivity contribution < 1.29 is 13.2 Å². The predicted octanol–water partition coefficient (Wildman–Crippen LogP) is 6.11. The number of rotatable bonds is 4. The van der Waals surface area contributed by atoms with Gasteiger partial charge in [0.2, 0.25) is 0 Å². The summed E-state index contributed by atoms with van der Waals surface area (Å²) in [4.78, 5) is 8.63. The molecule has 2 fully saturated rings. The zero-order valence-electron chi connectivity index (χ0n) is 16.5. The lowest BCUT2D eigenvalue weighted by molar-refractivity contribution is -0.137. The van der Waals surface area contributed by atoms with Crippen molar-refractivity contribution in [2.24, 2.45) is 5.92 Å². The lowest BCUT2D eigenvalue weighted by Crippen LogP contribution is -2.38. The van der Waals surface area contributed by atoms with Crippen LogP contribution in [0.3, 0.4) is 0 Å². The van der Waals surface area contributed by atoms with E-state index in [2.05, 4.69) is 20.9 Å². The highest BCUT2D eigenvalue weighted by molar-refractivity contribution is 6.42. The van der Waals surface area contributed by atoms with E-state index in [1.54, 1.807) is 0 Å². The van der Waals surface area contributed by atoms with Gasteiger partial charge in [-0.2, -0.15) is 13.2 Å². The van der Waals surface area contributed by atoms with Gasteiger partial charge >= 0.3 is 6.18 Å². The van der Waals surface area contributed by atoms with E-state index in [4.69, 9.17) is 23.2 Å². The van der Waals surface area contributed by atoms with Crippen molar-refractivity contribution in [3.8, 4) is 0 Å². The second-order valence-corrected chi connectivity index (χ2v) is 9.07. The molecule has 1 aromatic carbocycles. The van der Waals surface area contributed by atoms with E-state index in [1.807, 2.05) is 12.1 Å². The van der Waals surface area contributed by atoms with E-state index >= 15 is 0 Å². The van der Waals surface area contributed by atoms with Gasteiger partial charge in [0.05, 0.1) is 15.6 Å². The van der Waals surface area contributed by atoms with Gasteiger partial charge in [-0.3, -0.25) is 0 Å². The molecule has 2 aromatic rings. The van der Waals surface area contributed by atoms with Crippen molar-refractivity contribution in [2.45, 2.75) is 31.4 Å². The van der Waals surface area contributed by atoms with Crippen molar-refractivity contribution in [3.63, 3.8) is 0 Å². The Morgan fingerprint density at radius 1 is 0.967 bits per heavy atom. The molecule has 162 valence electrons. The van der Waals surface area contributed by atoms with Crippen LogP contribution < -0.4 is 4.90 Å². The van der Waals surface area contributed by atoms with Crippen LogP contribution in [0.15, 0.2) is 36.5 Å². The summed E-state index contributed by atoms with van der Waals surface area (Å²) in [6.45, 7) is 4.82. The second-order valence-electron chi connectivity index (χ2n) is 8.25. The van der Waals surface area contributed by atoms with Crippen LogP contribution in [0.25, 0.3) is 0 Å². The number of likely N-dealkylation sites (tertiary alicyclic amines) is 1. The molecule has 2 aliphatic rings. The van der Waals surface area contributed by atoms with Gasteiger partial charge in [0.15, 0.2) is 0 Å². The molecular formula is C22H24Cl2F3N3. The zero-order chi connectivity index (χ0) is 21.3. The van der Waals surface area contributed by atoms with Crippen LogP contribution in [0.5, 0.6) is 0 Å². The molecule has 0 radical (unpaired) electrons. The van der Waals surface area contributed by atoms with Gasteiger partial charge in [-0.15, -0.1) is 0 Å².